The van der Waals surface area contributed by atoms with Crippen molar-refractivity contribution in [2.24, 2.45) is 11.8 Å². The number of halogens is 2. The Labute approximate surface area is 284 Å². The molecule has 0 amide bonds. The van der Waals surface area contributed by atoms with Crippen molar-refractivity contribution >= 4 is 89.4 Å². The predicted molar refractivity (Wildman–Crippen MR) is 182 cm³/mol. The van der Waals surface area contributed by atoms with E-state index in [9.17, 15) is 19.2 Å². The molecule has 0 saturated carbocycles. The zero-order valence-electron chi connectivity index (χ0n) is 26.0. The number of fused-ring (bicyclic) bond motifs is 2. The van der Waals surface area contributed by atoms with E-state index >= 15 is 0 Å². The number of Topliss-reactive ketones (excluding diaryl/α,β-unsaturated/α-hetero) is 3. The number of benzene rings is 2. The highest BCUT2D eigenvalue weighted by Crippen LogP contribution is 2.46. The number of ketones is 3. The first-order valence-electron chi connectivity index (χ1n) is 14.5. The maximum atomic E-state index is 12.8. The summed E-state index contributed by atoms with van der Waals surface area (Å²) in [6.45, 7) is 5.32. The highest BCUT2D eigenvalue weighted by atomic mass is 35.5. The van der Waals surface area contributed by atoms with Crippen molar-refractivity contribution in [3.63, 3.8) is 0 Å². The third-order valence-electron chi connectivity index (χ3n) is 7.48. The van der Waals surface area contributed by atoms with E-state index in [4.69, 9.17) is 47.3 Å². The van der Waals surface area contributed by atoms with E-state index in [2.05, 4.69) is 0 Å². The maximum Gasteiger partial charge on any atom is 0.306 e. The summed E-state index contributed by atoms with van der Waals surface area (Å²) >= 11 is 15.9. The molecule has 4 rings (SSSR count). The van der Waals surface area contributed by atoms with Crippen LogP contribution in [-0.2, 0) is 9.59 Å². The molecule has 0 aliphatic carbocycles. The molecule has 0 fully saturated rings. The lowest BCUT2D eigenvalue weighted by Gasteiger charge is -2.14. The van der Waals surface area contributed by atoms with E-state index in [-0.39, 0.29) is 36.1 Å². The van der Waals surface area contributed by atoms with Crippen LogP contribution in [0, 0.1) is 11.8 Å². The molecule has 0 aliphatic heterocycles. The van der Waals surface area contributed by atoms with Crippen LogP contribution < -0.4 is 18.9 Å². The second kappa shape index (κ2) is 15.5. The second-order valence-electron chi connectivity index (χ2n) is 10.9. The lowest BCUT2D eigenvalue weighted by atomic mass is 10.00. The highest BCUT2D eigenvalue weighted by Gasteiger charge is 2.23. The number of carboxylic acids is 1. The second-order valence-corrected chi connectivity index (χ2v) is 13.8. The number of carboxylic acid groups (broad SMARTS) is 1. The first-order valence-corrected chi connectivity index (χ1v) is 16.9. The number of aliphatic carboxylic acids is 1. The smallest absolute Gasteiger partial charge is 0.306 e. The standard InChI is InChI=1S/C33H34Cl2O9S2/c1-16(18(3)36)10-21(37)27-12-19-25(45-27)14-23(41-4)31(29(19)34)43-8-6-7-9-44-32-24(42-5)15-26-20(30(32)35)13-28(46-26)22(38)11-17(2)33(39)40/h12-17H,6-11H2,1-5H3,(H,39,40)/t16-,17-/m0/s1. The van der Waals surface area contributed by atoms with Gasteiger partial charge in [0, 0.05) is 51.1 Å². The fourth-order valence-corrected chi connectivity index (χ4v) is 7.40. The van der Waals surface area contributed by atoms with Crippen LogP contribution in [0.15, 0.2) is 24.3 Å². The Morgan fingerprint density at radius 2 is 1.15 bits per heavy atom. The minimum absolute atomic E-state index is 0.0336. The van der Waals surface area contributed by atoms with Gasteiger partial charge in [0.2, 0.25) is 0 Å². The summed E-state index contributed by atoms with van der Waals surface area (Å²) in [7, 11) is 3.02. The van der Waals surface area contributed by atoms with E-state index in [0.717, 1.165) is 9.40 Å². The van der Waals surface area contributed by atoms with Crippen LogP contribution in [0.25, 0.3) is 20.2 Å². The van der Waals surface area contributed by atoms with Gasteiger partial charge in [0.05, 0.1) is 53.2 Å². The molecule has 0 radical (unpaired) electrons. The summed E-state index contributed by atoms with van der Waals surface area (Å²) in [5.41, 5.74) is 0. The molecular weight excluding hydrogens is 675 g/mol. The third-order valence-corrected chi connectivity index (χ3v) is 10.5. The highest BCUT2D eigenvalue weighted by molar-refractivity contribution is 7.21. The van der Waals surface area contributed by atoms with Crippen molar-refractivity contribution in [1.29, 1.82) is 0 Å². The monoisotopic (exact) mass is 708 g/mol. The molecule has 0 unspecified atom stereocenters. The minimum Gasteiger partial charge on any atom is -0.493 e. The fourth-order valence-electron chi connectivity index (χ4n) is 4.59. The van der Waals surface area contributed by atoms with Crippen molar-refractivity contribution in [2.45, 2.75) is 46.5 Å². The molecular formula is C33H34Cl2O9S2. The van der Waals surface area contributed by atoms with Gasteiger partial charge in [-0.25, -0.2) is 0 Å². The number of thiophene rings is 2. The van der Waals surface area contributed by atoms with Crippen molar-refractivity contribution < 1.29 is 43.2 Å². The average Bonchev–Trinajstić information content (AvgIpc) is 3.65. The summed E-state index contributed by atoms with van der Waals surface area (Å²) in [5.74, 6) is -0.998. The zero-order valence-corrected chi connectivity index (χ0v) is 29.1. The molecule has 0 spiro atoms. The molecule has 4 aromatic rings. The van der Waals surface area contributed by atoms with Gasteiger partial charge < -0.3 is 24.1 Å². The van der Waals surface area contributed by atoms with Crippen molar-refractivity contribution in [2.75, 3.05) is 27.4 Å². The largest absolute Gasteiger partial charge is 0.493 e. The van der Waals surface area contributed by atoms with Crippen LogP contribution in [0.2, 0.25) is 10.0 Å². The lowest BCUT2D eigenvalue weighted by molar-refractivity contribution is -0.141. The predicted octanol–water partition coefficient (Wildman–Crippen LogP) is 8.77. The Hall–Kier alpha value is -3.38. The van der Waals surface area contributed by atoms with Crippen LogP contribution >= 0.6 is 45.9 Å². The number of methoxy groups -OCH3 is 2. The van der Waals surface area contributed by atoms with Crippen LogP contribution in [-0.4, -0.2) is 55.9 Å². The normalized spacial score (nSPS) is 12.6. The van der Waals surface area contributed by atoms with Crippen molar-refractivity contribution in [1.82, 2.24) is 0 Å². The molecule has 0 bridgehead atoms. The number of hydrogen-bond acceptors (Lipinski definition) is 10. The van der Waals surface area contributed by atoms with Crippen LogP contribution in [0.1, 0.15) is 65.8 Å². The number of unbranched alkanes of at least 4 members (excludes halogenated alkanes) is 1. The van der Waals surface area contributed by atoms with Gasteiger partial charge in [-0.15, -0.1) is 22.7 Å². The first-order chi connectivity index (χ1) is 21.9. The Morgan fingerprint density at radius 3 is 1.52 bits per heavy atom. The van der Waals surface area contributed by atoms with E-state index in [1.165, 1.54) is 50.7 Å². The zero-order chi connectivity index (χ0) is 33.7. The summed E-state index contributed by atoms with van der Waals surface area (Å²) < 4.78 is 24.6. The summed E-state index contributed by atoms with van der Waals surface area (Å²) in [4.78, 5) is 49.1. The molecule has 2 aromatic carbocycles. The molecule has 246 valence electrons. The van der Waals surface area contributed by atoms with Crippen LogP contribution in [0.4, 0.5) is 0 Å². The van der Waals surface area contributed by atoms with Crippen LogP contribution in [0.3, 0.4) is 0 Å². The molecule has 46 heavy (non-hydrogen) atoms. The Bertz CT molecular complexity index is 1660. The number of rotatable bonds is 17. The Balaban J connectivity index is 1.39. The van der Waals surface area contributed by atoms with E-state index in [1.54, 1.807) is 31.2 Å². The van der Waals surface area contributed by atoms with Gasteiger partial charge in [-0.05, 0) is 31.9 Å². The van der Waals surface area contributed by atoms with Crippen LogP contribution in [0.5, 0.6) is 23.0 Å². The van der Waals surface area contributed by atoms with Crippen molar-refractivity contribution in [3.8, 4) is 23.0 Å². The molecule has 2 aromatic heterocycles. The SMILES string of the molecule is COc1cc2sc(C(=O)C[C@H](C)C(C)=O)cc2c(Cl)c1OCCCCOc1c(OC)cc2sc(C(=O)C[C@H](C)C(=O)O)cc2c1Cl. The Kier molecular flexibility index (Phi) is 11.9. The van der Waals surface area contributed by atoms with Gasteiger partial charge >= 0.3 is 5.97 Å². The molecule has 2 atom stereocenters. The minimum atomic E-state index is -1.03. The first kappa shape index (κ1) is 35.5. The average molecular weight is 710 g/mol. The van der Waals surface area contributed by atoms with E-state index in [0.29, 0.717) is 79.6 Å². The molecule has 0 saturated heterocycles. The number of ether oxygens (including phenoxy) is 4. The van der Waals surface area contributed by atoms with Gasteiger partial charge in [0.1, 0.15) is 5.78 Å². The van der Waals surface area contributed by atoms with E-state index < -0.39 is 11.9 Å². The van der Waals surface area contributed by atoms with Gasteiger partial charge in [-0.2, -0.15) is 0 Å². The summed E-state index contributed by atoms with van der Waals surface area (Å²) in [5, 5.41) is 11.1. The Morgan fingerprint density at radius 1 is 0.739 bits per heavy atom. The third kappa shape index (κ3) is 7.94. The van der Waals surface area contributed by atoms with Gasteiger partial charge in [-0.3, -0.25) is 19.2 Å². The number of carbonyl (C=O) groups is 4. The summed E-state index contributed by atoms with van der Waals surface area (Å²) in [6.07, 6.45) is 1.23. The molecule has 2 heterocycles. The molecule has 0 aliphatic rings. The summed E-state index contributed by atoms with van der Waals surface area (Å²) in [6, 6.07) is 6.93. The van der Waals surface area contributed by atoms with E-state index in [1.807, 2.05) is 0 Å². The molecule has 1 N–H and O–H groups in total. The fraction of sp³-hybridized carbons (Fsp3) is 0.394. The van der Waals surface area contributed by atoms with Crippen molar-refractivity contribution in [3.05, 3.63) is 44.1 Å². The maximum absolute atomic E-state index is 12.8. The van der Waals surface area contributed by atoms with Gasteiger partial charge in [-0.1, -0.05) is 37.0 Å². The topological polar surface area (TPSA) is 125 Å². The van der Waals surface area contributed by atoms with Gasteiger partial charge in [0.15, 0.2) is 34.6 Å². The van der Waals surface area contributed by atoms with Gasteiger partial charge in [0.25, 0.3) is 0 Å². The number of hydrogen-bond donors (Lipinski definition) is 1. The lowest BCUT2D eigenvalue weighted by Crippen LogP contribution is -2.13. The molecule has 9 nitrogen and oxygen atoms in total. The molecule has 13 heteroatoms. The number of carbonyl (C=O) groups excluding carboxylic acids is 3. The quantitative estimate of drug-likeness (QED) is 0.0846.